The average Bonchev–Trinajstić information content (AvgIpc) is 2.59. The summed E-state index contributed by atoms with van der Waals surface area (Å²) in [7, 11) is 0. The lowest BCUT2D eigenvalue weighted by Gasteiger charge is -2.08. The lowest BCUT2D eigenvalue weighted by atomic mass is 10.1. The second-order valence-electron chi connectivity index (χ2n) is 5.34. The quantitative estimate of drug-likeness (QED) is 0.705. The van der Waals surface area contributed by atoms with Gasteiger partial charge in [-0.05, 0) is 36.4 Å². The van der Waals surface area contributed by atoms with Crippen molar-refractivity contribution < 1.29 is 9.90 Å². The van der Waals surface area contributed by atoms with E-state index in [0.717, 1.165) is 5.56 Å². The van der Waals surface area contributed by atoms with Gasteiger partial charge in [-0.15, -0.1) is 0 Å². The number of carbonyl (C=O) groups excluding carboxylic acids is 1. The molecule has 1 amide bonds. The minimum atomic E-state index is -0.367. The maximum absolute atomic E-state index is 12.2. The molecule has 1 aromatic heterocycles. The molecule has 2 N–H and O–H groups in total. The van der Waals surface area contributed by atoms with Gasteiger partial charge >= 0.3 is 0 Å². The maximum atomic E-state index is 12.2. The molecule has 7 heteroatoms. The highest BCUT2D eigenvalue weighted by Crippen LogP contribution is 2.18. The van der Waals surface area contributed by atoms with Crippen molar-refractivity contribution in [3.8, 4) is 17.0 Å². The molecule has 0 unspecified atom stereocenters. The van der Waals surface area contributed by atoms with E-state index in [4.69, 9.17) is 11.6 Å². The van der Waals surface area contributed by atoms with Gasteiger partial charge in [-0.2, -0.15) is 0 Å². The highest BCUT2D eigenvalue weighted by Gasteiger charge is 2.08. The lowest BCUT2D eigenvalue weighted by molar-refractivity contribution is -0.116. The van der Waals surface area contributed by atoms with Crippen LogP contribution < -0.4 is 10.9 Å². The van der Waals surface area contributed by atoms with Gasteiger partial charge in [0, 0.05) is 22.3 Å². The van der Waals surface area contributed by atoms with Crippen molar-refractivity contribution in [2.24, 2.45) is 0 Å². The van der Waals surface area contributed by atoms with E-state index in [2.05, 4.69) is 10.3 Å². The van der Waals surface area contributed by atoms with Crippen molar-refractivity contribution in [3.05, 3.63) is 76.3 Å². The summed E-state index contributed by atoms with van der Waals surface area (Å²) in [5.74, 6) is -0.259. The van der Waals surface area contributed by atoms with Crippen LogP contribution in [0.4, 0.5) is 5.69 Å². The number of anilines is 1. The number of rotatable bonds is 4. The van der Waals surface area contributed by atoms with Crippen molar-refractivity contribution in [2.45, 2.75) is 6.54 Å². The SMILES string of the molecule is O=C(Cn1cnc(-c2ccc(Cl)cc2)cc1=O)Nc1ccc(O)cc1. The number of aromatic hydroxyl groups is 1. The summed E-state index contributed by atoms with van der Waals surface area (Å²) in [6, 6.07) is 14.4. The first kappa shape index (κ1) is 16.7. The van der Waals surface area contributed by atoms with Crippen LogP contribution in [0.1, 0.15) is 0 Å². The Morgan fingerprint density at radius 3 is 2.44 bits per heavy atom. The van der Waals surface area contributed by atoms with E-state index < -0.39 is 0 Å². The fourth-order valence-electron chi connectivity index (χ4n) is 2.22. The summed E-state index contributed by atoms with van der Waals surface area (Å²) in [6.45, 7) is -0.159. The molecule has 0 saturated heterocycles. The van der Waals surface area contributed by atoms with Gasteiger partial charge in [0.1, 0.15) is 12.3 Å². The topological polar surface area (TPSA) is 84.2 Å². The summed E-state index contributed by atoms with van der Waals surface area (Å²) >= 11 is 5.84. The number of nitrogens with one attached hydrogen (secondary N) is 1. The molecule has 0 radical (unpaired) electrons. The third kappa shape index (κ3) is 4.24. The first-order valence-electron chi connectivity index (χ1n) is 7.42. The zero-order valence-corrected chi connectivity index (χ0v) is 13.8. The Balaban J connectivity index is 1.72. The largest absolute Gasteiger partial charge is 0.508 e. The maximum Gasteiger partial charge on any atom is 0.254 e. The predicted octanol–water partition coefficient (Wildman–Crippen LogP) is 2.91. The molecule has 0 aliphatic rings. The summed E-state index contributed by atoms with van der Waals surface area (Å²) in [6.07, 6.45) is 1.34. The molecule has 0 atom stereocenters. The van der Waals surface area contributed by atoms with Crippen LogP contribution in [0.25, 0.3) is 11.3 Å². The van der Waals surface area contributed by atoms with Gasteiger partial charge in [-0.3, -0.25) is 14.2 Å². The van der Waals surface area contributed by atoms with E-state index in [0.29, 0.717) is 16.4 Å². The Kier molecular flexibility index (Phi) is 4.81. The Labute approximate surface area is 148 Å². The molecular formula is C18H14ClN3O3. The first-order valence-corrected chi connectivity index (χ1v) is 7.80. The van der Waals surface area contributed by atoms with Crippen LogP contribution in [-0.4, -0.2) is 20.6 Å². The van der Waals surface area contributed by atoms with Crippen LogP contribution in [-0.2, 0) is 11.3 Å². The molecule has 0 bridgehead atoms. The lowest BCUT2D eigenvalue weighted by Crippen LogP contribution is -2.27. The van der Waals surface area contributed by atoms with Crippen molar-refractivity contribution in [1.82, 2.24) is 9.55 Å². The first-order chi connectivity index (χ1) is 12.0. The molecular weight excluding hydrogens is 342 g/mol. The van der Waals surface area contributed by atoms with Gasteiger partial charge in [-0.25, -0.2) is 4.98 Å². The second kappa shape index (κ2) is 7.19. The van der Waals surface area contributed by atoms with Gasteiger partial charge in [0.25, 0.3) is 5.56 Å². The monoisotopic (exact) mass is 355 g/mol. The Hall–Kier alpha value is -3.12. The molecule has 0 aliphatic carbocycles. The van der Waals surface area contributed by atoms with E-state index in [1.807, 2.05) is 0 Å². The van der Waals surface area contributed by atoms with Crippen LogP contribution in [0.15, 0.2) is 65.7 Å². The van der Waals surface area contributed by atoms with Crippen molar-refractivity contribution >= 4 is 23.2 Å². The Morgan fingerprint density at radius 2 is 1.80 bits per heavy atom. The number of benzene rings is 2. The highest BCUT2D eigenvalue weighted by atomic mass is 35.5. The number of carbonyl (C=O) groups is 1. The highest BCUT2D eigenvalue weighted by molar-refractivity contribution is 6.30. The minimum absolute atomic E-state index is 0.108. The smallest absolute Gasteiger partial charge is 0.254 e. The minimum Gasteiger partial charge on any atom is -0.508 e. The van der Waals surface area contributed by atoms with E-state index in [9.17, 15) is 14.7 Å². The van der Waals surface area contributed by atoms with Crippen molar-refractivity contribution in [2.75, 3.05) is 5.32 Å². The summed E-state index contributed by atoms with van der Waals surface area (Å²) in [4.78, 5) is 28.5. The van der Waals surface area contributed by atoms with Crippen LogP contribution in [0, 0.1) is 0 Å². The normalized spacial score (nSPS) is 10.4. The molecule has 3 aromatic rings. The van der Waals surface area contributed by atoms with Gasteiger partial charge in [0.05, 0.1) is 12.0 Å². The zero-order chi connectivity index (χ0) is 17.8. The molecule has 0 aliphatic heterocycles. The third-order valence-electron chi connectivity index (χ3n) is 3.48. The van der Waals surface area contributed by atoms with Crippen molar-refractivity contribution in [3.63, 3.8) is 0 Å². The van der Waals surface area contributed by atoms with Gasteiger partial charge in [-0.1, -0.05) is 23.7 Å². The van der Waals surface area contributed by atoms with Gasteiger partial charge < -0.3 is 10.4 Å². The number of phenolic OH excluding ortho intramolecular Hbond substituents is 1. The second-order valence-corrected chi connectivity index (χ2v) is 5.78. The number of nitrogens with zero attached hydrogens (tertiary/aromatic N) is 2. The molecule has 2 aromatic carbocycles. The summed E-state index contributed by atoms with van der Waals surface area (Å²) < 4.78 is 1.22. The van der Waals surface area contributed by atoms with Crippen LogP contribution in [0.2, 0.25) is 5.02 Å². The Morgan fingerprint density at radius 1 is 1.12 bits per heavy atom. The standard InChI is InChI=1S/C18H14ClN3O3/c19-13-3-1-12(2-4-13)16-9-18(25)22(11-20-16)10-17(24)21-14-5-7-15(23)8-6-14/h1-9,11,23H,10H2,(H,21,24). The number of amides is 1. The molecule has 1 heterocycles. The molecule has 126 valence electrons. The van der Waals surface area contributed by atoms with Crippen molar-refractivity contribution in [1.29, 1.82) is 0 Å². The van der Waals surface area contributed by atoms with Crippen LogP contribution in [0.5, 0.6) is 5.75 Å². The number of hydrogen-bond donors (Lipinski definition) is 2. The number of hydrogen-bond acceptors (Lipinski definition) is 4. The van der Waals surface area contributed by atoms with Gasteiger partial charge in [0.2, 0.25) is 5.91 Å². The van der Waals surface area contributed by atoms with E-state index in [1.165, 1.54) is 29.1 Å². The fraction of sp³-hybridized carbons (Fsp3) is 0.0556. The summed E-state index contributed by atoms with van der Waals surface area (Å²) in [5.41, 5.74) is 1.47. The van der Waals surface area contributed by atoms with Crippen LogP contribution in [0.3, 0.4) is 0 Å². The van der Waals surface area contributed by atoms with E-state index in [1.54, 1.807) is 36.4 Å². The molecule has 0 fully saturated rings. The van der Waals surface area contributed by atoms with Crippen LogP contribution >= 0.6 is 11.6 Å². The average molecular weight is 356 g/mol. The molecule has 6 nitrogen and oxygen atoms in total. The molecule has 25 heavy (non-hydrogen) atoms. The van der Waals surface area contributed by atoms with E-state index >= 15 is 0 Å². The fourth-order valence-corrected chi connectivity index (χ4v) is 2.35. The van der Waals surface area contributed by atoms with Gasteiger partial charge in [0.15, 0.2) is 0 Å². The number of phenols is 1. The summed E-state index contributed by atoms with van der Waals surface area (Å²) in [5, 5.41) is 12.5. The van der Waals surface area contributed by atoms with E-state index in [-0.39, 0.29) is 23.8 Å². The zero-order valence-electron chi connectivity index (χ0n) is 13.0. The number of aromatic nitrogens is 2. The molecule has 0 spiro atoms. The predicted molar refractivity (Wildman–Crippen MR) is 95.7 cm³/mol. The molecule has 3 rings (SSSR count). The Bertz CT molecular complexity index is 951. The number of halogens is 1. The molecule has 0 saturated carbocycles. The third-order valence-corrected chi connectivity index (χ3v) is 3.74.